The number of hydrogen-bond donors (Lipinski definition) is 1. The van der Waals surface area contributed by atoms with Crippen molar-refractivity contribution in [1.82, 2.24) is 9.88 Å². The van der Waals surface area contributed by atoms with Gasteiger partial charge in [0.2, 0.25) is 0 Å². The molecule has 26 heavy (non-hydrogen) atoms. The van der Waals surface area contributed by atoms with Crippen LogP contribution in [-0.4, -0.2) is 28.6 Å². The average Bonchev–Trinajstić information content (AvgIpc) is 3.38. The maximum atomic E-state index is 12.0. The summed E-state index contributed by atoms with van der Waals surface area (Å²) < 4.78 is 7.15. The predicted octanol–water partition coefficient (Wildman–Crippen LogP) is 2.78. The summed E-state index contributed by atoms with van der Waals surface area (Å²) in [6.07, 6.45) is 6.50. The minimum absolute atomic E-state index is 0.235. The molecule has 0 spiro atoms. The topological polar surface area (TPSA) is 84.1 Å². The van der Waals surface area contributed by atoms with E-state index in [4.69, 9.17) is 10.00 Å². The Bertz CT molecular complexity index is 887. The van der Waals surface area contributed by atoms with Gasteiger partial charge in [0.05, 0.1) is 12.5 Å². The normalized spacial score (nSPS) is 14.9. The van der Waals surface area contributed by atoms with Gasteiger partial charge in [0, 0.05) is 41.3 Å². The van der Waals surface area contributed by atoms with Crippen LogP contribution in [0.3, 0.4) is 0 Å². The van der Waals surface area contributed by atoms with Gasteiger partial charge in [0.1, 0.15) is 0 Å². The third-order valence-corrected chi connectivity index (χ3v) is 4.27. The number of aryl methyl sites for hydroxylation is 1. The largest absolute Gasteiger partial charge is 0.449 e. The second-order valence-electron chi connectivity index (χ2n) is 6.40. The number of carbonyl (C=O) groups is 2. The highest BCUT2D eigenvalue weighted by molar-refractivity contribution is 5.95. The molecule has 1 amide bonds. The molecule has 0 bridgehead atoms. The van der Waals surface area contributed by atoms with Gasteiger partial charge in [0.25, 0.3) is 5.91 Å². The smallest absolute Gasteiger partial charge is 0.331 e. The number of nitriles is 1. The number of ether oxygens (including phenoxy) is 1. The van der Waals surface area contributed by atoms with E-state index in [9.17, 15) is 9.59 Å². The monoisotopic (exact) mass is 351 g/mol. The van der Waals surface area contributed by atoms with Gasteiger partial charge in [-0.05, 0) is 31.9 Å². The number of amides is 1. The zero-order valence-electron chi connectivity index (χ0n) is 14.6. The summed E-state index contributed by atoms with van der Waals surface area (Å²) in [7, 11) is 0. The number of carbonyl (C=O) groups excluding carboxylic acids is 2. The number of esters is 1. The quantitative estimate of drug-likeness (QED) is 0.614. The van der Waals surface area contributed by atoms with Crippen LogP contribution in [0, 0.1) is 11.3 Å². The van der Waals surface area contributed by atoms with Gasteiger partial charge in [0.15, 0.2) is 6.10 Å². The molecular weight excluding hydrogens is 330 g/mol. The van der Waals surface area contributed by atoms with E-state index in [0.717, 1.165) is 29.3 Å². The second-order valence-corrected chi connectivity index (χ2v) is 6.40. The van der Waals surface area contributed by atoms with Gasteiger partial charge in [-0.15, -0.1) is 0 Å². The fourth-order valence-electron chi connectivity index (χ4n) is 2.73. The van der Waals surface area contributed by atoms with E-state index in [0.29, 0.717) is 13.0 Å². The Hall–Kier alpha value is -3.07. The van der Waals surface area contributed by atoms with Crippen molar-refractivity contribution in [2.24, 2.45) is 0 Å². The maximum absolute atomic E-state index is 12.0. The number of hydrogen-bond acceptors (Lipinski definition) is 4. The third kappa shape index (κ3) is 4.31. The lowest BCUT2D eigenvalue weighted by molar-refractivity contribution is -0.150. The predicted molar refractivity (Wildman–Crippen MR) is 97.9 cm³/mol. The molecule has 0 radical (unpaired) electrons. The molecule has 134 valence electrons. The Morgan fingerprint density at radius 3 is 2.92 bits per heavy atom. The number of nitrogens with zero attached hydrogens (tertiary/aromatic N) is 2. The van der Waals surface area contributed by atoms with Crippen LogP contribution < -0.4 is 5.32 Å². The number of rotatable bonds is 7. The number of aromatic nitrogens is 1. The van der Waals surface area contributed by atoms with Crippen molar-refractivity contribution >= 4 is 28.9 Å². The minimum atomic E-state index is -0.815. The Morgan fingerprint density at radius 1 is 1.42 bits per heavy atom. The van der Waals surface area contributed by atoms with Gasteiger partial charge < -0.3 is 14.6 Å². The highest BCUT2D eigenvalue weighted by atomic mass is 16.5. The van der Waals surface area contributed by atoms with E-state index in [1.54, 1.807) is 13.0 Å². The van der Waals surface area contributed by atoms with Crippen molar-refractivity contribution in [2.45, 2.75) is 44.9 Å². The first kappa shape index (κ1) is 17.7. The molecule has 1 heterocycles. The maximum Gasteiger partial charge on any atom is 0.331 e. The molecule has 6 nitrogen and oxygen atoms in total. The van der Waals surface area contributed by atoms with Crippen LogP contribution in [-0.2, 0) is 20.9 Å². The molecule has 1 saturated carbocycles. The first-order valence-corrected chi connectivity index (χ1v) is 8.72. The van der Waals surface area contributed by atoms with Crippen LogP contribution in [0.1, 0.15) is 31.7 Å². The number of nitrogens with one attached hydrogen (secondary N) is 1. The van der Waals surface area contributed by atoms with E-state index in [2.05, 4.69) is 11.4 Å². The first-order valence-electron chi connectivity index (χ1n) is 8.72. The first-order chi connectivity index (χ1) is 12.6. The van der Waals surface area contributed by atoms with Gasteiger partial charge >= 0.3 is 5.97 Å². The van der Waals surface area contributed by atoms with Gasteiger partial charge in [-0.1, -0.05) is 18.2 Å². The van der Waals surface area contributed by atoms with Crippen LogP contribution in [0.5, 0.6) is 0 Å². The highest BCUT2D eigenvalue weighted by Crippen LogP contribution is 2.23. The minimum Gasteiger partial charge on any atom is -0.449 e. The average molecular weight is 351 g/mol. The number of para-hydroxylation sites is 1. The van der Waals surface area contributed by atoms with Crippen molar-refractivity contribution < 1.29 is 14.3 Å². The molecule has 0 saturated heterocycles. The van der Waals surface area contributed by atoms with Crippen molar-refractivity contribution in [1.29, 1.82) is 5.26 Å². The summed E-state index contributed by atoms with van der Waals surface area (Å²) in [6, 6.07) is 10.2. The summed E-state index contributed by atoms with van der Waals surface area (Å²) >= 11 is 0. The SMILES string of the molecule is C[C@@H](OC(=O)/C=C/c1cn(CCC#N)c2ccccc12)C(=O)NC1CC1. The van der Waals surface area contributed by atoms with E-state index in [1.165, 1.54) is 6.08 Å². The van der Waals surface area contributed by atoms with Crippen molar-refractivity contribution in [2.75, 3.05) is 0 Å². The molecular formula is C20H21N3O3. The van der Waals surface area contributed by atoms with Gasteiger partial charge in [-0.3, -0.25) is 4.79 Å². The van der Waals surface area contributed by atoms with Crippen molar-refractivity contribution in [3.63, 3.8) is 0 Å². The van der Waals surface area contributed by atoms with Crippen molar-refractivity contribution in [3.05, 3.63) is 42.1 Å². The fourth-order valence-corrected chi connectivity index (χ4v) is 2.73. The zero-order chi connectivity index (χ0) is 18.5. The van der Waals surface area contributed by atoms with Crippen LogP contribution in [0.25, 0.3) is 17.0 Å². The van der Waals surface area contributed by atoms with Gasteiger partial charge in [-0.2, -0.15) is 5.26 Å². The van der Waals surface area contributed by atoms with E-state index in [-0.39, 0.29) is 11.9 Å². The molecule has 0 unspecified atom stereocenters. The highest BCUT2D eigenvalue weighted by Gasteiger charge is 2.26. The molecule has 1 aliphatic rings. The summed E-state index contributed by atoms with van der Waals surface area (Å²) in [5.74, 6) is -0.820. The van der Waals surface area contributed by atoms with Gasteiger partial charge in [-0.25, -0.2) is 4.79 Å². The molecule has 1 aromatic heterocycles. The molecule has 1 aliphatic carbocycles. The van der Waals surface area contributed by atoms with E-state index in [1.807, 2.05) is 35.0 Å². The summed E-state index contributed by atoms with van der Waals surface area (Å²) in [6.45, 7) is 2.16. The van der Waals surface area contributed by atoms with E-state index < -0.39 is 12.1 Å². The lowest BCUT2D eigenvalue weighted by Crippen LogP contribution is -2.36. The van der Waals surface area contributed by atoms with E-state index >= 15 is 0 Å². The number of benzene rings is 1. The second kappa shape index (κ2) is 7.87. The molecule has 1 aromatic carbocycles. The lowest BCUT2D eigenvalue weighted by Gasteiger charge is -2.11. The molecule has 6 heteroatoms. The Labute approximate surface area is 152 Å². The lowest BCUT2D eigenvalue weighted by atomic mass is 10.1. The van der Waals surface area contributed by atoms with Crippen LogP contribution in [0.15, 0.2) is 36.5 Å². The molecule has 3 rings (SSSR count). The Kier molecular flexibility index (Phi) is 5.37. The fraction of sp³-hybridized carbons (Fsp3) is 0.350. The Balaban J connectivity index is 1.68. The summed E-state index contributed by atoms with van der Waals surface area (Å²) in [5.41, 5.74) is 1.87. The van der Waals surface area contributed by atoms with Crippen molar-refractivity contribution in [3.8, 4) is 6.07 Å². The Morgan fingerprint density at radius 2 is 2.19 bits per heavy atom. The van der Waals surface area contributed by atoms with Crippen LogP contribution >= 0.6 is 0 Å². The molecule has 0 aliphatic heterocycles. The molecule has 1 N–H and O–H groups in total. The van der Waals surface area contributed by atoms with Crippen LogP contribution in [0.2, 0.25) is 0 Å². The number of fused-ring (bicyclic) bond motifs is 1. The molecule has 1 fully saturated rings. The summed E-state index contributed by atoms with van der Waals surface area (Å²) in [5, 5.41) is 12.6. The third-order valence-electron chi connectivity index (χ3n) is 4.27. The zero-order valence-corrected chi connectivity index (χ0v) is 14.6. The standard InChI is InChI=1S/C20H21N3O3/c1-14(20(25)22-16-8-9-16)26-19(24)10-7-15-13-23(12-4-11-21)18-6-3-2-5-17(15)18/h2-3,5-7,10,13-14,16H,4,8-9,12H2,1H3,(H,22,25)/b10-7+/t14-/m1/s1. The molecule has 2 aromatic rings. The summed E-state index contributed by atoms with van der Waals surface area (Å²) in [4.78, 5) is 23.8. The van der Waals surface area contributed by atoms with Crippen LogP contribution in [0.4, 0.5) is 0 Å². The molecule has 1 atom stereocenters.